The lowest BCUT2D eigenvalue weighted by Gasteiger charge is -2.16. The normalized spacial score (nSPS) is 19.1. The van der Waals surface area contributed by atoms with Crippen LogP contribution >= 0.6 is 0 Å². The quantitative estimate of drug-likeness (QED) is 0.787. The van der Waals surface area contributed by atoms with E-state index < -0.39 is 23.9 Å². The molecule has 96 valence electrons. The molecule has 0 fully saturated rings. The Bertz CT molecular complexity index is 504. The molecular weight excluding hydrogens is 239 g/mol. The van der Waals surface area contributed by atoms with Crippen molar-refractivity contribution >= 4 is 17.6 Å². The predicted octanol–water partition coefficient (Wildman–Crippen LogP) is 0.970. The van der Waals surface area contributed by atoms with Crippen molar-refractivity contribution in [2.45, 2.75) is 19.0 Å². The van der Waals surface area contributed by atoms with Crippen LogP contribution in [-0.2, 0) is 14.3 Å². The fourth-order valence-electron chi connectivity index (χ4n) is 1.89. The molecule has 1 aliphatic heterocycles. The number of carbonyl (C=O) groups is 2. The number of halogens is 1. The van der Waals surface area contributed by atoms with Crippen LogP contribution in [-0.4, -0.2) is 25.0 Å². The summed E-state index contributed by atoms with van der Waals surface area (Å²) in [5, 5.41) is 5.43. The Morgan fingerprint density at radius 2 is 2.28 bits per heavy atom. The number of fused-ring (bicyclic) bond motifs is 1. The summed E-state index contributed by atoms with van der Waals surface area (Å²) in [6.45, 7) is 1.58. The fourth-order valence-corrected chi connectivity index (χ4v) is 1.89. The van der Waals surface area contributed by atoms with Gasteiger partial charge in [0.25, 0.3) is 0 Å². The number of benzene rings is 1. The molecule has 0 radical (unpaired) electrons. The molecule has 5 nitrogen and oxygen atoms in total. The Morgan fingerprint density at radius 3 is 2.94 bits per heavy atom. The van der Waals surface area contributed by atoms with Crippen molar-refractivity contribution in [3.8, 4) is 0 Å². The maximum absolute atomic E-state index is 13.2. The molecule has 0 saturated heterocycles. The number of esters is 1. The van der Waals surface area contributed by atoms with Crippen molar-refractivity contribution in [2.24, 2.45) is 0 Å². The number of ether oxygens (including phenoxy) is 1. The molecule has 2 N–H and O–H groups in total. The van der Waals surface area contributed by atoms with E-state index >= 15 is 0 Å². The summed E-state index contributed by atoms with van der Waals surface area (Å²) < 4.78 is 17.7. The van der Waals surface area contributed by atoms with E-state index in [2.05, 4.69) is 15.4 Å². The highest BCUT2D eigenvalue weighted by Crippen LogP contribution is 2.31. The average Bonchev–Trinajstić information content (AvgIpc) is 2.65. The van der Waals surface area contributed by atoms with Crippen LogP contribution < -0.4 is 10.6 Å². The Hall–Kier alpha value is -1.95. The van der Waals surface area contributed by atoms with Crippen molar-refractivity contribution in [1.29, 1.82) is 0 Å². The number of carbonyl (C=O) groups excluding carboxylic acids is 2. The van der Waals surface area contributed by atoms with E-state index in [1.54, 1.807) is 6.92 Å². The molecule has 1 unspecified atom stereocenters. The smallest absolute Gasteiger partial charge is 0.322 e. The number of hydrogen-bond acceptors (Lipinski definition) is 4. The third-order valence-corrected chi connectivity index (χ3v) is 2.82. The van der Waals surface area contributed by atoms with Gasteiger partial charge in [-0.2, -0.15) is 0 Å². The van der Waals surface area contributed by atoms with Gasteiger partial charge in [0, 0.05) is 11.3 Å². The van der Waals surface area contributed by atoms with Crippen molar-refractivity contribution in [3.05, 3.63) is 29.6 Å². The topological polar surface area (TPSA) is 67.4 Å². The number of anilines is 1. The second-order valence-corrected chi connectivity index (χ2v) is 4.07. The third-order valence-electron chi connectivity index (χ3n) is 2.82. The Balaban J connectivity index is 2.22. The van der Waals surface area contributed by atoms with E-state index in [9.17, 15) is 14.0 Å². The number of methoxy groups -OCH3 is 1. The van der Waals surface area contributed by atoms with Gasteiger partial charge in [-0.3, -0.25) is 14.9 Å². The molecule has 0 saturated carbocycles. The first kappa shape index (κ1) is 12.5. The van der Waals surface area contributed by atoms with E-state index in [1.807, 2.05) is 0 Å². The summed E-state index contributed by atoms with van der Waals surface area (Å²) in [7, 11) is 1.27. The molecule has 1 aliphatic rings. The zero-order valence-electron chi connectivity index (χ0n) is 9.99. The molecule has 1 amide bonds. The minimum absolute atomic E-state index is 0.314. The van der Waals surface area contributed by atoms with Crippen LogP contribution in [0.3, 0.4) is 0 Å². The first-order valence-electron chi connectivity index (χ1n) is 5.47. The Labute approximate surface area is 103 Å². The minimum atomic E-state index is -0.746. The third kappa shape index (κ3) is 2.19. The number of nitrogens with one attached hydrogen (secondary N) is 2. The molecule has 0 spiro atoms. The number of rotatable bonds is 3. The van der Waals surface area contributed by atoms with Gasteiger partial charge in [0.05, 0.1) is 7.11 Å². The van der Waals surface area contributed by atoms with Gasteiger partial charge in [0.2, 0.25) is 5.91 Å². The summed E-state index contributed by atoms with van der Waals surface area (Å²) in [5.41, 5.74) is 1.05. The van der Waals surface area contributed by atoms with Crippen molar-refractivity contribution < 1.29 is 18.7 Å². The highest BCUT2D eigenvalue weighted by Gasteiger charge is 2.33. The average molecular weight is 252 g/mol. The van der Waals surface area contributed by atoms with E-state index in [-0.39, 0.29) is 5.91 Å². The number of hydrogen-bond donors (Lipinski definition) is 2. The minimum Gasteiger partial charge on any atom is -0.468 e. The van der Waals surface area contributed by atoms with Gasteiger partial charge in [-0.25, -0.2) is 4.39 Å². The first-order valence-corrected chi connectivity index (χ1v) is 5.47. The molecule has 6 heteroatoms. The lowest BCUT2D eigenvalue weighted by atomic mass is 10.1. The SMILES string of the molecule is COC(=O)[C@H](C)NC1C(=O)Nc2ccc(F)cc21. The van der Waals surface area contributed by atoms with Crippen LogP contribution in [0, 0.1) is 5.82 Å². The van der Waals surface area contributed by atoms with Gasteiger partial charge in [0.15, 0.2) is 0 Å². The second kappa shape index (κ2) is 4.73. The van der Waals surface area contributed by atoms with Crippen molar-refractivity contribution in [2.75, 3.05) is 12.4 Å². The molecule has 1 heterocycles. The standard InChI is InChI=1S/C12H13FN2O3/c1-6(12(17)18-2)14-10-8-5-7(13)3-4-9(8)15-11(10)16/h3-6,10,14H,1-2H3,(H,15,16)/t6-,10?/m0/s1. The van der Waals surface area contributed by atoms with Crippen LogP contribution in [0.5, 0.6) is 0 Å². The largest absolute Gasteiger partial charge is 0.468 e. The van der Waals surface area contributed by atoms with E-state index in [1.165, 1.54) is 25.3 Å². The van der Waals surface area contributed by atoms with Crippen LogP contribution in [0.2, 0.25) is 0 Å². The van der Waals surface area contributed by atoms with Gasteiger partial charge >= 0.3 is 5.97 Å². The van der Waals surface area contributed by atoms with Gasteiger partial charge in [-0.05, 0) is 25.1 Å². The Kier molecular flexibility index (Phi) is 3.29. The van der Waals surface area contributed by atoms with Crippen LogP contribution in [0.1, 0.15) is 18.5 Å². The molecule has 0 aromatic heterocycles. The lowest BCUT2D eigenvalue weighted by molar-refractivity contribution is -0.142. The molecular formula is C12H13FN2O3. The highest BCUT2D eigenvalue weighted by molar-refractivity contribution is 6.02. The van der Waals surface area contributed by atoms with Crippen molar-refractivity contribution in [3.63, 3.8) is 0 Å². The van der Waals surface area contributed by atoms with E-state index in [4.69, 9.17) is 0 Å². The highest BCUT2D eigenvalue weighted by atomic mass is 19.1. The van der Waals surface area contributed by atoms with Gasteiger partial charge < -0.3 is 10.1 Å². The number of amides is 1. The molecule has 1 aromatic carbocycles. The van der Waals surface area contributed by atoms with Gasteiger partial charge in [-0.15, -0.1) is 0 Å². The van der Waals surface area contributed by atoms with Gasteiger partial charge in [0.1, 0.15) is 17.9 Å². The summed E-state index contributed by atoms with van der Waals surface area (Å²) in [6, 6.07) is 2.64. The molecule has 18 heavy (non-hydrogen) atoms. The second-order valence-electron chi connectivity index (χ2n) is 4.07. The zero-order valence-corrected chi connectivity index (χ0v) is 9.99. The summed E-state index contributed by atoms with van der Waals surface area (Å²) in [6.07, 6.45) is 0. The lowest BCUT2D eigenvalue weighted by Crippen LogP contribution is -2.40. The first-order chi connectivity index (χ1) is 8.52. The fraction of sp³-hybridized carbons (Fsp3) is 0.333. The summed E-state index contributed by atoms with van der Waals surface area (Å²) >= 11 is 0. The molecule has 1 aromatic rings. The maximum atomic E-state index is 13.2. The summed E-state index contributed by atoms with van der Waals surface area (Å²) in [4.78, 5) is 23.0. The predicted molar refractivity (Wildman–Crippen MR) is 62.4 cm³/mol. The van der Waals surface area contributed by atoms with Crippen LogP contribution in [0.4, 0.5) is 10.1 Å². The van der Waals surface area contributed by atoms with E-state index in [0.29, 0.717) is 11.3 Å². The maximum Gasteiger partial charge on any atom is 0.322 e. The monoisotopic (exact) mass is 252 g/mol. The molecule has 2 rings (SSSR count). The van der Waals surface area contributed by atoms with Crippen LogP contribution in [0.25, 0.3) is 0 Å². The molecule has 0 aliphatic carbocycles. The van der Waals surface area contributed by atoms with Gasteiger partial charge in [-0.1, -0.05) is 0 Å². The molecule has 2 atom stereocenters. The zero-order chi connectivity index (χ0) is 13.3. The van der Waals surface area contributed by atoms with E-state index in [0.717, 1.165) is 0 Å². The molecule has 0 bridgehead atoms. The van der Waals surface area contributed by atoms with Crippen molar-refractivity contribution in [1.82, 2.24) is 5.32 Å². The van der Waals surface area contributed by atoms with Crippen LogP contribution in [0.15, 0.2) is 18.2 Å². The summed E-state index contributed by atoms with van der Waals surface area (Å²) in [5.74, 6) is -1.22. The Morgan fingerprint density at radius 1 is 1.56 bits per heavy atom.